The Bertz CT molecular complexity index is 794. The Kier molecular flexibility index (Phi) is 7.83. The molecular formula is C30H44. The molecule has 0 saturated heterocycles. The van der Waals surface area contributed by atoms with Crippen LogP contribution < -0.4 is 0 Å². The number of hydrogen-bond donors (Lipinski definition) is 0. The third kappa shape index (κ3) is 5.99. The highest BCUT2D eigenvalue weighted by atomic mass is 14.4. The summed E-state index contributed by atoms with van der Waals surface area (Å²) in [6.45, 7) is 14.1. The molecule has 0 aliphatic heterocycles. The fourth-order valence-corrected chi connectivity index (χ4v) is 5.38. The smallest absolute Gasteiger partial charge is 0.00404 e. The highest BCUT2D eigenvalue weighted by Crippen LogP contribution is 2.43. The Morgan fingerprint density at radius 3 is 2.03 bits per heavy atom. The Hall–Kier alpha value is -1.56. The van der Waals surface area contributed by atoms with Crippen molar-refractivity contribution in [2.75, 3.05) is 0 Å². The normalized spacial score (nSPS) is 33.9. The van der Waals surface area contributed by atoms with Crippen LogP contribution in [-0.2, 0) is 0 Å². The van der Waals surface area contributed by atoms with Crippen LogP contribution >= 0.6 is 0 Å². The third-order valence-corrected chi connectivity index (χ3v) is 8.13. The number of allylic oxidation sites excluding steroid dienone is 12. The lowest BCUT2D eigenvalue weighted by atomic mass is 9.67. The van der Waals surface area contributed by atoms with Crippen molar-refractivity contribution in [3.05, 3.63) is 70.4 Å². The molecule has 3 aliphatic rings. The van der Waals surface area contributed by atoms with Crippen LogP contribution in [0.15, 0.2) is 70.4 Å². The maximum Gasteiger partial charge on any atom is 0.00404 e. The van der Waals surface area contributed by atoms with E-state index in [0.29, 0.717) is 5.92 Å². The quantitative estimate of drug-likeness (QED) is 0.316. The van der Waals surface area contributed by atoms with E-state index < -0.39 is 0 Å². The van der Waals surface area contributed by atoms with E-state index in [1.165, 1.54) is 51.4 Å². The highest BCUT2D eigenvalue weighted by molar-refractivity contribution is 5.27. The minimum absolute atomic E-state index is 0.223. The molecule has 0 N–H and O–H groups in total. The fraction of sp³-hybridized carbons (Fsp3) is 0.600. The third-order valence-electron chi connectivity index (χ3n) is 8.13. The lowest BCUT2D eigenvalue weighted by molar-refractivity contribution is 0.309. The monoisotopic (exact) mass is 404 g/mol. The van der Waals surface area contributed by atoms with Crippen LogP contribution in [0.1, 0.15) is 92.9 Å². The fourth-order valence-electron chi connectivity index (χ4n) is 5.38. The summed E-state index contributed by atoms with van der Waals surface area (Å²) in [5.41, 5.74) is 8.08. The van der Waals surface area contributed by atoms with Crippen molar-refractivity contribution < 1.29 is 0 Å². The predicted molar refractivity (Wildman–Crippen MR) is 133 cm³/mol. The van der Waals surface area contributed by atoms with Crippen molar-refractivity contribution in [2.24, 2.45) is 23.2 Å². The molecule has 3 rings (SSSR count). The summed E-state index contributed by atoms with van der Waals surface area (Å²) in [6, 6.07) is 0. The van der Waals surface area contributed by atoms with Crippen molar-refractivity contribution >= 4 is 0 Å². The standard InChI is InChI=1S/C30H44/c1-22-9-13-27(14-10-22)25(4)8-7-18-30(6)19-17-24(3)20-29(30)21-26(5)28-15-11-23(2)12-16-28/h7-9,11,18,20-21,27-29H,10,12-17,19H2,1-6H3/b18-7+,25-8?,26-21?/t27-,28-,29+,30+/m0/s1. The van der Waals surface area contributed by atoms with Gasteiger partial charge >= 0.3 is 0 Å². The summed E-state index contributed by atoms with van der Waals surface area (Å²) in [7, 11) is 0. The average Bonchev–Trinajstić information content (AvgIpc) is 2.72. The maximum atomic E-state index is 2.61. The summed E-state index contributed by atoms with van der Waals surface area (Å²) in [5.74, 6) is 1.99. The lowest BCUT2D eigenvalue weighted by Crippen LogP contribution is -2.26. The average molecular weight is 405 g/mol. The van der Waals surface area contributed by atoms with Crippen molar-refractivity contribution in [1.29, 1.82) is 0 Å². The van der Waals surface area contributed by atoms with Gasteiger partial charge in [0.1, 0.15) is 0 Å². The van der Waals surface area contributed by atoms with E-state index in [9.17, 15) is 0 Å². The number of rotatable bonds is 5. The van der Waals surface area contributed by atoms with E-state index in [0.717, 1.165) is 11.8 Å². The van der Waals surface area contributed by atoms with Gasteiger partial charge in [0.2, 0.25) is 0 Å². The first-order valence-electron chi connectivity index (χ1n) is 12.3. The van der Waals surface area contributed by atoms with Gasteiger partial charge < -0.3 is 0 Å². The minimum atomic E-state index is 0.223. The molecule has 0 aromatic rings. The Labute approximate surface area is 186 Å². The molecule has 0 radical (unpaired) electrons. The zero-order valence-electron chi connectivity index (χ0n) is 20.4. The molecule has 0 saturated carbocycles. The zero-order valence-corrected chi connectivity index (χ0v) is 20.4. The second-order valence-electron chi connectivity index (χ2n) is 10.8. The second kappa shape index (κ2) is 10.2. The maximum absolute atomic E-state index is 2.61. The molecule has 0 heterocycles. The summed E-state index contributed by atoms with van der Waals surface area (Å²) in [4.78, 5) is 0. The van der Waals surface area contributed by atoms with Crippen LogP contribution in [0.3, 0.4) is 0 Å². The Morgan fingerprint density at radius 1 is 0.867 bits per heavy atom. The van der Waals surface area contributed by atoms with Gasteiger partial charge in [0.25, 0.3) is 0 Å². The van der Waals surface area contributed by atoms with Gasteiger partial charge in [-0.3, -0.25) is 0 Å². The minimum Gasteiger partial charge on any atom is -0.0850 e. The van der Waals surface area contributed by atoms with E-state index in [-0.39, 0.29) is 5.41 Å². The molecule has 0 amide bonds. The van der Waals surface area contributed by atoms with Gasteiger partial charge in [-0.1, -0.05) is 77.3 Å². The van der Waals surface area contributed by atoms with Gasteiger partial charge in [0.05, 0.1) is 0 Å². The molecule has 0 aromatic heterocycles. The van der Waals surface area contributed by atoms with Crippen molar-refractivity contribution in [2.45, 2.75) is 92.9 Å². The summed E-state index contributed by atoms with van der Waals surface area (Å²) in [5, 5.41) is 0. The van der Waals surface area contributed by atoms with Crippen LogP contribution in [0, 0.1) is 23.2 Å². The number of hydrogen-bond acceptors (Lipinski definition) is 0. The molecule has 0 spiro atoms. The van der Waals surface area contributed by atoms with Gasteiger partial charge in [-0.2, -0.15) is 0 Å². The SMILES string of the molecule is CC1=CC[C@H](C(C)=C/C=C/[C@]2(C)CCC(C)=C[C@@H]2C=C(C)[C@H]2CC=C(C)CC2)CC1. The van der Waals surface area contributed by atoms with Crippen molar-refractivity contribution in [3.8, 4) is 0 Å². The first-order valence-corrected chi connectivity index (χ1v) is 12.3. The van der Waals surface area contributed by atoms with Crippen LogP contribution in [0.2, 0.25) is 0 Å². The van der Waals surface area contributed by atoms with Gasteiger partial charge in [-0.25, -0.2) is 0 Å². The molecule has 4 atom stereocenters. The molecule has 0 unspecified atom stereocenters. The molecule has 0 fully saturated rings. The Balaban J connectivity index is 1.73. The van der Waals surface area contributed by atoms with Crippen LogP contribution in [0.5, 0.6) is 0 Å². The molecular weight excluding hydrogens is 360 g/mol. The predicted octanol–water partition coefficient (Wildman–Crippen LogP) is 9.29. The van der Waals surface area contributed by atoms with Crippen molar-refractivity contribution in [1.82, 2.24) is 0 Å². The molecule has 0 aromatic carbocycles. The Morgan fingerprint density at radius 2 is 1.47 bits per heavy atom. The molecule has 164 valence electrons. The van der Waals surface area contributed by atoms with Gasteiger partial charge in [-0.05, 0) is 103 Å². The molecule has 30 heavy (non-hydrogen) atoms. The van der Waals surface area contributed by atoms with Crippen LogP contribution in [-0.4, -0.2) is 0 Å². The molecule has 3 aliphatic carbocycles. The summed E-state index contributed by atoms with van der Waals surface area (Å²) < 4.78 is 0. The topological polar surface area (TPSA) is 0 Å². The second-order valence-corrected chi connectivity index (χ2v) is 10.8. The van der Waals surface area contributed by atoms with Crippen molar-refractivity contribution in [3.63, 3.8) is 0 Å². The highest BCUT2D eigenvalue weighted by Gasteiger charge is 2.32. The molecule has 0 heteroatoms. The summed E-state index contributed by atoms with van der Waals surface area (Å²) in [6.07, 6.45) is 27.5. The first kappa shape index (κ1) is 23.1. The molecule has 0 nitrogen and oxygen atoms in total. The van der Waals surface area contributed by atoms with E-state index >= 15 is 0 Å². The summed E-state index contributed by atoms with van der Waals surface area (Å²) >= 11 is 0. The van der Waals surface area contributed by atoms with Crippen LogP contribution in [0.25, 0.3) is 0 Å². The van der Waals surface area contributed by atoms with E-state index in [2.05, 4.69) is 84.1 Å². The zero-order chi connectivity index (χ0) is 21.7. The van der Waals surface area contributed by atoms with E-state index in [4.69, 9.17) is 0 Å². The largest absolute Gasteiger partial charge is 0.0850 e. The van der Waals surface area contributed by atoms with E-state index in [1.54, 1.807) is 27.9 Å². The van der Waals surface area contributed by atoms with Gasteiger partial charge in [0.15, 0.2) is 0 Å². The van der Waals surface area contributed by atoms with Gasteiger partial charge in [0, 0.05) is 5.92 Å². The first-order chi connectivity index (χ1) is 14.3. The van der Waals surface area contributed by atoms with Gasteiger partial charge in [-0.15, -0.1) is 0 Å². The van der Waals surface area contributed by atoms with Crippen LogP contribution in [0.4, 0.5) is 0 Å². The lowest BCUT2D eigenvalue weighted by Gasteiger charge is -2.37. The van der Waals surface area contributed by atoms with E-state index in [1.807, 2.05) is 0 Å². The molecule has 0 bridgehead atoms.